The summed E-state index contributed by atoms with van der Waals surface area (Å²) >= 11 is 0. The maximum absolute atomic E-state index is 5.73. The molecule has 0 saturated heterocycles. The monoisotopic (exact) mass is 267 g/mol. The van der Waals surface area contributed by atoms with Gasteiger partial charge in [-0.1, -0.05) is 31.9 Å². The van der Waals surface area contributed by atoms with E-state index >= 15 is 0 Å². The molecule has 0 aromatic rings. The number of methoxy groups -OCH3 is 1. The highest BCUT2D eigenvalue weighted by Gasteiger charge is 2.65. The van der Waals surface area contributed by atoms with E-state index in [9.17, 15) is 0 Å². The molecule has 1 fully saturated rings. The average Bonchev–Trinajstić information content (AvgIpc) is 2.89. The molecule has 3 atom stereocenters. The largest absolute Gasteiger partial charge is 0.366 e. The first kappa shape index (κ1) is 16.7. The summed E-state index contributed by atoms with van der Waals surface area (Å²) in [5, 5.41) is 0. The zero-order chi connectivity index (χ0) is 15.0. The first-order chi connectivity index (χ1) is 8.60. The summed E-state index contributed by atoms with van der Waals surface area (Å²) in [5.74, 6) is 0.658. The predicted octanol–water partition coefficient (Wildman–Crippen LogP) is 4.46. The Bertz CT molecular complexity index is 356. The summed E-state index contributed by atoms with van der Waals surface area (Å²) in [4.78, 5) is 2.46. The molecular weight excluding hydrogens is 234 g/mol. The lowest BCUT2D eigenvalue weighted by Crippen LogP contribution is -2.45. The topological polar surface area (TPSA) is 12.5 Å². The summed E-state index contributed by atoms with van der Waals surface area (Å²) in [6, 6.07) is 0. The van der Waals surface area contributed by atoms with Crippen LogP contribution in [0.4, 0.5) is 0 Å². The third-order valence-electron chi connectivity index (χ3n) is 5.49. The van der Waals surface area contributed by atoms with Crippen molar-refractivity contribution in [2.45, 2.75) is 73.1 Å². The van der Waals surface area contributed by atoms with Crippen LogP contribution in [0.1, 0.15) is 61.3 Å². The van der Waals surface area contributed by atoms with Crippen LogP contribution in [0.5, 0.6) is 0 Å². The Hall–Kier alpha value is -0.340. The van der Waals surface area contributed by atoms with Crippen LogP contribution < -0.4 is 0 Å². The van der Waals surface area contributed by atoms with Crippen LogP contribution in [-0.4, -0.2) is 30.8 Å². The van der Waals surface area contributed by atoms with E-state index in [-0.39, 0.29) is 11.8 Å². The molecule has 0 heterocycles. The van der Waals surface area contributed by atoms with Crippen LogP contribution in [0.15, 0.2) is 11.1 Å². The lowest BCUT2D eigenvalue weighted by molar-refractivity contribution is -0.0614. The van der Waals surface area contributed by atoms with Gasteiger partial charge in [-0.05, 0) is 53.5 Å². The van der Waals surface area contributed by atoms with Gasteiger partial charge in [0.05, 0.1) is 0 Å². The van der Waals surface area contributed by atoms with E-state index < -0.39 is 0 Å². The molecule has 112 valence electrons. The number of allylic oxidation sites excluding steroid dienone is 1. The van der Waals surface area contributed by atoms with Gasteiger partial charge >= 0.3 is 0 Å². The van der Waals surface area contributed by atoms with E-state index in [1.54, 1.807) is 5.57 Å². The normalized spacial score (nSPS) is 31.7. The molecule has 1 saturated carbocycles. The predicted molar refractivity (Wildman–Crippen MR) is 83.2 cm³/mol. The van der Waals surface area contributed by atoms with E-state index in [2.05, 4.69) is 60.4 Å². The van der Waals surface area contributed by atoms with Crippen LogP contribution in [0.25, 0.3) is 0 Å². The van der Waals surface area contributed by atoms with E-state index in [1.807, 2.05) is 7.11 Å². The molecule has 0 N–H and O–H groups in total. The maximum Gasteiger partial charge on any atom is 0.110 e. The fraction of sp³-hybridized carbons (Fsp3) is 0.882. The van der Waals surface area contributed by atoms with Gasteiger partial charge in [-0.15, -0.1) is 0 Å². The van der Waals surface area contributed by atoms with Crippen molar-refractivity contribution in [1.82, 2.24) is 4.90 Å². The van der Waals surface area contributed by atoms with Crippen LogP contribution >= 0.6 is 0 Å². The van der Waals surface area contributed by atoms with Crippen molar-refractivity contribution < 1.29 is 4.74 Å². The Morgan fingerprint density at radius 2 is 1.74 bits per heavy atom. The standard InChI is InChI=1S/C17H33NO/c1-12(2)10-15(19-9)18(8)17(7)11-16(17,6)14(5)13(3)4/h12,15H,10-11H2,1-9H3/t15-,16?,17?/m1/s1. The summed E-state index contributed by atoms with van der Waals surface area (Å²) in [6.45, 7) is 16.0. The molecule has 2 heteroatoms. The highest BCUT2D eigenvalue weighted by molar-refractivity contribution is 5.34. The number of nitrogens with zero attached hydrogens (tertiary/aromatic N) is 1. The number of ether oxygens (including phenoxy) is 1. The summed E-state index contributed by atoms with van der Waals surface area (Å²) < 4.78 is 5.73. The van der Waals surface area contributed by atoms with Crippen LogP contribution in [0.2, 0.25) is 0 Å². The molecule has 0 aromatic carbocycles. The van der Waals surface area contributed by atoms with E-state index in [1.165, 1.54) is 12.0 Å². The summed E-state index contributed by atoms with van der Waals surface area (Å²) in [6.07, 6.45) is 2.54. The van der Waals surface area contributed by atoms with Crippen molar-refractivity contribution in [2.24, 2.45) is 11.3 Å². The van der Waals surface area contributed by atoms with Crippen LogP contribution in [0.3, 0.4) is 0 Å². The van der Waals surface area contributed by atoms with Gasteiger partial charge in [0.2, 0.25) is 0 Å². The molecule has 0 amide bonds. The van der Waals surface area contributed by atoms with E-state index in [4.69, 9.17) is 4.74 Å². The van der Waals surface area contributed by atoms with Gasteiger partial charge in [-0.25, -0.2) is 0 Å². The Kier molecular flexibility index (Phi) is 4.90. The second kappa shape index (κ2) is 5.57. The molecule has 0 radical (unpaired) electrons. The van der Waals surface area contributed by atoms with Crippen LogP contribution in [0, 0.1) is 11.3 Å². The van der Waals surface area contributed by atoms with Gasteiger partial charge in [0.25, 0.3) is 0 Å². The molecule has 0 bridgehead atoms. The molecule has 19 heavy (non-hydrogen) atoms. The van der Waals surface area contributed by atoms with Crippen molar-refractivity contribution in [3.05, 3.63) is 11.1 Å². The van der Waals surface area contributed by atoms with Gasteiger partial charge in [-0.3, -0.25) is 4.90 Å². The Morgan fingerprint density at radius 3 is 2.11 bits per heavy atom. The minimum Gasteiger partial charge on any atom is -0.366 e. The molecule has 0 aromatic heterocycles. The third-order valence-corrected chi connectivity index (χ3v) is 5.49. The SMILES string of the molecule is CO[C@H](CC(C)C)N(C)C1(C)CC1(C)C(C)=C(C)C. The average molecular weight is 267 g/mol. The van der Waals surface area contributed by atoms with Gasteiger partial charge in [0.1, 0.15) is 6.23 Å². The van der Waals surface area contributed by atoms with Crippen molar-refractivity contribution in [3.63, 3.8) is 0 Å². The van der Waals surface area contributed by atoms with E-state index in [0.29, 0.717) is 11.3 Å². The zero-order valence-corrected chi connectivity index (χ0v) is 14.4. The lowest BCUT2D eigenvalue weighted by Gasteiger charge is -2.37. The first-order valence-electron chi connectivity index (χ1n) is 7.50. The molecule has 1 aliphatic carbocycles. The zero-order valence-electron chi connectivity index (χ0n) is 14.4. The molecular formula is C17H33NO. The molecule has 1 rings (SSSR count). The minimum absolute atomic E-state index is 0.219. The number of rotatable bonds is 6. The molecule has 0 spiro atoms. The van der Waals surface area contributed by atoms with Gasteiger partial charge in [0.15, 0.2) is 0 Å². The highest BCUT2D eigenvalue weighted by Crippen LogP contribution is 2.64. The smallest absolute Gasteiger partial charge is 0.110 e. The second-order valence-corrected chi connectivity index (χ2v) is 7.34. The fourth-order valence-electron chi connectivity index (χ4n) is 3.38. The third kappa shape index (κ3) is 2.90. The quantitative estimate of drug-likeness (QED) is 0.520. The first-order valence-corrected chi connectivity index (χ1v) is 7.50. The fourth-order valence-corrected chi connectivity index (χ4v) is 3.38. The van der Waals surface area contributed by atoms with Crippen molar-refractivity contribution >= 4 is 0 Å². The van der Waals surface area contributed by atoms with Crippen molar-refractivity contribution in [1.29, 1.82) is 0 Å². The minimum atomic E-state index is 0.219. The molecule has 0 aliphatic heterocycles. The summed E-state index contributed by atoms with van der Waals surface area (Å²) in [7, 11) is 4.06. The second-order valence-electron chi connectivity index (χ2n) is 7.34. The van der Waals surface area contributed by atoms with Gasteiger partial charge < -0.3 is 4.74 Å². The van der Waals surface area contributed by atoms with Crippen molar-refractivity contribution in [2.75, 3.05) is 14.2 Å². The lowest BCUT2D eigenvalue weighted by atomic mass is 9.90. The molecule has 2 nitrogen and oxygen atoms in total. The van der Waals surface area contributed by atoms with Crippen LogP contribution in [-0.2, 0) is 4.74 Å². The van der Waals surface area contributed by atoms with Crippen molar-refractivity contribution in [3.8, 4) is 0 Å². The molecule has 2 unspecified atom stereocenters. The maximum atomic E-state index is 5.73. The number of hydrogen-bond donors (Lipinski definition) is 0. The number of hydrogen-bond acceptors (Lipinski definition) is 2. The van der Waals surface area contributed by atoms with Gasteiger partial charge in [0, 0.05) is 18.1 Å². The Balaban J connectivity index is 2.89. The highest BCUT2D eigenvalue weighted by atomic mass is 16.5. The Labute approximate surface area is 120 Å². The summed E-state index contributed by atoms with van der Waals surface area (Å²) in [5.41, 5.74) is 3.52. The van der Waals surface area contributed by atoms with E-state index in [0.717, 1.165) is 6.42 Å². The van der Waals surface area contributed by atoms with Gasteiger partial charge in [-0.2, -0.15) is 0 Å². The molecule has 1 aliphatic rings. The Morgan fingerprint density at radius 1 is 1.21 bits per heavy atom.